The van der Waals surface area contributed by atoms with Crippen LogP contribution in [0.25, 0.3) is 0 Å². The highest BCUT2D eigenvalue weighted by molar-refractivity contribution is 5.98. The van der Waals surface area contributed by atoms with E-state index in [1.165, 1.54) is 23.1 Å². The number of halogens is 1. The molecule has 1 atom stereocenters. The van der Waals surface area contributed by atoms with Crippen molar-refractivity contribution in [2.24, 2.45) is 0 Å². The van der Waals surface area contributed by atoms with Gasteiger partial charge in [0, 0.05) is 12.1 Å². The van der Waals surface area contributed by atoms with E-state index >= 15 is 0 Å². The third-order valence-corrected chi connectivity index (χ3v) is 3.22. The van der Waals surface area contributed by atoms with E-state index in [0.29, 0.717) is 30.5 Å². The molecule has 1 amide bonds. The molecule has 1 aliphatic heterocycles. The lowest BCUT2D eigenvalue weighted by molar-refractivity contribution is -0.141. The zero-order chi connectivity index (χ0) is 13.3. The molecule has 5 heteroatoms. The fraction of sp³-hybridized carbons (Fsp3) is 0.385. The zero-order valence-electron chi connectivity index (χ0n) is 10.0. The number of nitrogens with zero attached hydrogens (tertiary/aromatic N) is 1. The van der Waals surface area contributed by atoms with Gasteiger partial charge >= 0.3 is 5.97 Å². The quantitative estimate of drug-likeness (QED) is 0.872. The Morgan fingerprint density at radius 3 is 2.78 bits per heavy atom. The Bertz CT molecular complexity index is 501. The van der Waals surface area contributed by atoms with Gasteiger partial charge in [-0.05, 0) is 43.5 Å². The number of carbonyl (C=O) groups is 2. The summed E-state index contributed by atoms with van der Waals surface area (Å²) in [6.07, 6.45) is 1.16. The fourth-order valence-corrected chi connectivity index (χ4v) is 2.29. The minimum absolute atomic E-state index is 0.336. The van der Waals surface area contributed by atoms with Crippen LogP contribution in [0.3, 0.4) is 0 Å². The maximum Gasteiger partial charge on any atom is 0.326 e. The molecular formula is C13H14FNO3. The van der Waals surface area contributed by atoms with Crippen molar-refractivity contribution in [2.45, 2.75) is 25.8 Å². The second-order valence-corrected chi connectivity index (χ2v) is 4.45. The molecule has 0 aliphatic carbocycles. The number of carbonyl (C=O) groups excluding carboxylic acids is 1. The Morgan fingerprint density at radius 1 is 1.44 bits per heavy atom. The average molecular weight is 251 g/mol. The van der Waals surface area contributed by atoms with E-state index in [-0.39, 0.29) is 5.91 Å². The molecule has 0 bridgehead atoms. The third-order valence-electron chi connectivity index (χ3n) is 3.22. The van der Waals surface area contributed by atoms with E-state index < -0.39 is 17.8 Å². The predicted molar refractivity (Wildman–Crippen MR) is 62.8 cm³/mol. The van der Waals surface area contributed by atoms with Gasteiger partial charge in [0.25, 0.3) is 5.91 Å². The largest absolute Gasteiger partial charge is 0.480 e. The Balaban J connectivity index is 2.28. The highest BCUT2D eigenvalue weighted by Crippen LogP contribution is 2.22. The summed E-state index contributed by atoms with van der Waals surface area (Å²) in [5.74, 6) is -1.72. The van der Waals surface area contributed by atoms with Crippen molar-refractivity contribution in [3.8, 4) is 0 Å². The van der Waals surface area contributed by atoms with Gasteiger partial charge in [-0.15, -0.1) is 0 Å². The monoisotopic (exact) mass is 251 g/mol. The number of likely N-dealkylation sites (tertiary alicyclic amines) is 1. The van der Waals surface area contributed by atoms with Crippen molar-refractivity contribution in [1.29, 1.82) is 0 Å². The zero-order valence-corrected chi connectivity index (χ0v) is 10.0. The molecule has 1 aromatic carbocycles. The second kappa shape index (κ2) is 4.76. The standard InChI is InChI=1S/C13H14FNO3/c1-8-7-9(14)4-5-10(8)12(16)15-6-2-3-11(15)13(17)18/h4-5,7,11H,2-3,6H2,1H3,(H,17,18)/t11-/m0/s1. The summed E-state index contributed by atoms with van der Waals surface area (Å²) < 4.78 is 13.0. The van der Waals surface area contributed by atoms with Gasteiger partial charge in [-0.2, -0.15) is 0 Å². The molecular weight excluding hydrogens is 237 g/mol. The number of benzene rings is 1. The highest BCUT2D eigenvalue weighted by Gasteiger charge is 2.34. The number of hydrogen-bond donors (Lipinski definition) is 1. The smallest absolute Gasteiger partial charge is 0.326 e. The topological polar surface area (TPSA) is 57.6 Å². The number of aliphatic carboxylic acids is 1. The summed E-state index contributed by atoms with van der Waals surface area (Å²) in [4.78, 5) is 24.6. The molecule has 18 heavy (non-hydrogen) atoms. The molecule has 0 radical (unpaired) electrons. The van der Waals surface area contributed by atoms with Crippen LogP contribution >= 0.6 is 0 Å². The van der Waals surface area contributed by atoms with Gasteiger partial charge in [0.15, 0.2) is 0 Å². The van der Waals surface area contributed by atoms with Crippen molar-refractivity contribution < 1.29 is 19.1 Å². The first kappa shape index (κ1) is 12.5. The number of amides is 1. The van der Waals surface area contributed by atoms with Gasteiger partial charge in [-0.25, -0.2) is 9.18 Å². The van der Waals surface area contributed by atoms with Crippen LogP contribution in [0.4, 0.5) is 4.39 Å². The molecule has 1 fully saturated rings. The van der Waals surface area contributed by atoms with E-state index in [1.54, 1.807) is 6.92 Å². The maximum absolute atomic E-state index is 13.0. The first-order chi connectivity index (χ1) is 8.50. The molecule has 0 saturated carbocycles. The van der Waals surface area contributed by atoms with E-state index in [4.69, 9.17) is 5.11 Å². The van der Waals surface area contributed by atoms with Gasteiger partial charge in [-0.3, -0.25) is 4.79 Å². The van der Waals surface area contributed by atoms with E-state index in [2.05, 4.69) is 0 Å². The predicted octanol–water partition coefficient (Wildman–Crippen LogP) is 1.82. The fourth-order valence-electron chi connectivity index (χ4n) is 2.29. The summed E-state index contributed by atoms with van der Waals surface area (Å²) in [7, 11) is 0. The van der Waals surface area contributed by atoms with Crippen molar-refractivity contribution in [3.05, 3.63) is 35.1 Å². The van der Waals surface area contributed by atoms with Gasteiger partial charge in [0.1, 0.15) is 11.9 Å². The lowest BCUT2D eigenvalue weighted by Crippen LogP contribution is -2.40. The number of hydrogen-bond acceptors (Lipinski definition) is 2. The molecule has 1 N–H and O–H groups in total. The molecule has 96 valence electrons. The van der Waals surface area contributed by atoms with Gasteiger partial charge in [0.05, 0.1) is 0 Å². The van der Waals surface area contributed by atoms with Crippen molar-refractivity contribution in [2.75, 3.05) is 6.54 Å². The van der Waals surface area contributed by atoms with Crippen LogP contribution in [-0.4, -0.2) is 34.5 Å². The van der Waals surface area contributed by atoms with Crippen molar-refractivity contribution >= 4 is 11.9 Å². The number of aryl methyl sites for hydroxylation is 1. The van der Waals surface area contributed by atoms with E-state index in [1.807, 2.05) is 0 Å². The summed E-state index contributed by atoms with van der Waals surface area (Å²) in [6.45, 7) is 2.08. The normalized spacial score (nSPS) is 19.0. The molecule has 1 aromatic rings. The molecule has 1 aliphatic rings. The molecule has 1 heterocycles. The van der Waals surface area contributed by atoms with Crippen LogP contribution in [0.15, 0.2) is 18.2 Å². The van der Waals surface area contributed by atoms with Crippen molar-refractivity contribution in [1.82, 2.24) is 4.90 Å². The van der Waals surface area contributed by atoms with E-state index in [0.717, 1.165) is 0 Å². The molecule has 4 nitrogen and oxygen atoms in total. The average Bonchev–Trinajstić information content (AvgIpc) is 2.77. The van der Waals surface area contributed by atoms with Gasteiger partial charge < -0.3 is 10.0 Å². The summed E-state index contributed by atoms with van der Waals surface area (Å²) in [5.41, 5.74) is 0.889. The van der Waals surface area contributed by atoms with Gasteiger partial charge in [-0.1, -0.05) is 0 Å². The summed E-state index contributed by atoms with van der Waals surface area (Å²) in [5, 5.41) is 9.04. The van der Waals surface area contributed by atoms with E-state index in [9.17, 15) is 14.0 Å². The Morgan fingerprint density at radius 2 is 2.17 bits per heavy atom. The van der Waals surface area contributed by atoms with Crippen LogP contribution in [0.2, 0.25) is 0 Å². The number of rotatable bonds is 2. The molecule has 2 rings (SSSR count). The van der Waals surface area contributed by atoms with Crippen LogP contribution in [0, 0.1) is 12.7 Å². The van der Waals surface area contributed by atoms with Crippen LogP contribution < -0.4 is 0 Å². The van der Waals surface area contributed by atoms with Gasteiger partial charge in [0.2, 0.25) is 0 Å². The lowest BCUT2D eigenvalue weighted by Gasteiger charge is -2.22. The number of carboxylic acids is 1. The second-order valence-electron chi connectivity index (χ2n) is 4.45. The summed E-state index contributed by atoms with van der Waals surface area (Å²) >= 11 is 0. The third kappa shape index (κ3) is 2.20. The van der Waals surface area contributed by atoms with Crippen molar-refractivity contribution in [3.63, 3.8) is 0 Å². The first-order valence-corrected chi connectivity index (χ1v) is 5.80. The minimum atomic E-state index is -0.986. The van der Waals surface area contributed by atoms with Crippen LogP contribution in [-0.2, 0) is 4.79 Å². The first-order valence-electron chi connectivity index (χ1n) is 5.80. The lowest BCUT2D eigenvalue weighted by atomic mass is 10.1. The summed E-state index contributed by atoms with van der Waals surface area (Å²) in [6, 6.07) is 3.14. The Labute approximate surface area is 104 Å². The Kier molecular flexibility index (Phi) is 3.32. The van der Waals surface area contributed by atoms with Crippen LogP contribution in [0.5, 0.6) is 0 Å². The van der Waals surface area contributed by atoms with Crippen LogP contribution in [0.1, 0.15) is 28.8 Å². The Hall–Kier alpha value is -1.91. The molecule has 0 unspecified atom stereocenters. The molecule has 0 spiro atoms. The SMILES string of the molecule is Cc1cc(F)ccc1C(=O)N1CCC[C@H]1C(=O)O. The maximum atomic E-state index is 13.0. The molecule has 0 aromatic heterocycles. The highest BCUT2D eigenvalue weighted by atomic mass is 19.1. The molecule has 1 saturated heterocycles. The number of carboxylic acid groups (broad SMARTS) is 1. The minimum Gasteiger partial charge on any atom is -0.480 e.